The molecule has 1 aliphatic rings. The molecule has 4 aromatic carbocycles. The van der Waals surface area contributed by atoms with Crippen LogP contribution in [-0.4, -0.2) is 40.9 Å². The SMILES string of the molecule is CCOC(=O)C1(CSc2ccc3ccccc3c2)OC(=O)C(=O)C1Sc1ccc2ccccc2c1. The summed E-state index contributed by atoms with van der Waals surface area (Å²) >= 11 is 2.53. The molecule has 4 aromatic rings. The van der Waals surface area contributed by atoms with Crippen molar-refractivity contribution in [2.24, 2.45) is 0 Å². The van der Waals surface area contributed by atoms with Crippen LogP contribution in [0.1, 0.15) is 6.92 Å². The second-order valence-corrected chi connectivity index (χ2v) is 10.4. The fourth-order valence-corrected chi connectivity index (χ4v) is 6.57. The van der Waals surface area contributed by atoms with Crippen molar-refractivity contribution in [2.45, 2.75) is 27.6 Å². The maximum Gasteiger partial charge on any atom is 0.377 e. The Morgan fingerprint density at radius 1 is 0.857 bits per heavy atom. The zero-order valence-electron chi connectivity index (χ0n) is 18.9. The molecule has 35 heavy (non-hydrogen) atoms. The third kappa shape index (κ3) is 4.54. The van der Waals surface area contributed by atoms with E-state index < -0.39 is 28.6 Å². The summed E-state index contributed by atoms with van der Waals surface area (Å²) in [6, 6.07) is 27.6. The molecule has 0 saturated carbocycles. The predicted octanol–water partition coefficient (Wildman–Crippen LogP) is 5.67. The number of benzene rings is 4. The molecule has 2 atom stereocenters. The number of hydrogen-bond donors (Lipinski definition) is 0. The van der Waals surface area contributed by atoms with Gasteiger partial charge in [-0.25, -0.2) is 9.59 Å². The van der Waals surface area contributed by atoms with Gasteiger partial charge in [-0.05, 0) is 52.7 Å². The molecule has 5 nitrogen and oxygen atoms in total. The standard InChI is InChI=1S/C28H22O5S2/c1-2-32-27(31)28(17-34-22-13-11-18-7-3-5-9-20(18)15-22)25(24(29)26(30)33-28)35-23-14-12-19-8-4-6-10-21(19)16-23/h3-16,25H,2,17H2,1H3. The van der Waals surface area contributed by atoms with Crippen LogP contribution in [0.3, 0.4) is 0 Å². The van der Waals surface area contributed by atoms with Crippen LogP contribution in [-0.2, 0) is 23.9 Å². The Kier molecular flexibility index (Phi) is 6.54. The highest BCUT2D eigenvalue weighted by molar-refractivity contribution is 8.01. The van der Waals surface area contributed by atoms with Gasteiger partial charge in [0.1, 0.15) is 5.25 Å². The van der Waals surface area contributed by atoms with Gasteiger partial charge in [-0.3, -0.25) is 4.79 Å². The van der Waals surface area contributed by atoms with E-state index in [0.29, 0.717) is 0 Å². The monoisotopic (exact) mass is 502 g/mol. The van der Waals surface area contributed by atoms with E-state index in [1.807, 2.05) is 84.9 Å². The van der Waals surface area contributed by atoms with Gasteiger partial charge in [0.25, 0.3) is 5.78 Å². The van der Waals surface area contributed by atoms with Gasteiger partial charge in [-0.2, -0.15) is 0 Å². The summed E-state index contributed by atoms with van der Waals surface area (Å²) in [5, 5.41) is 3.17. The number of cyclic esters (lactones) is 1. The van der Waals surface area contributed by atoms with E-state index in [2.05, 4.69) is 0 Å². The molecule has 1 fully saturated rings. The second kappa shape index (κ2) is 9.76. The number of carbonyl (C=O) groups is 3. The molecule has 1 aliphatic heterocycles. The largest absolute Gasteiger partial charge is 0.463 e. The average molecular weight is 503 g/mol. The maximum atomic E-state index is 13.2. The van der Waals surface area contributed by atoms with Gasteiger partial charge in [0.05, 0.1) is 12.4 Å². The Labute approximate surface area is 211 Å². The third-order valence-electron chi connectivity index (χ3n) is 5.91. The number of ketones is 1. The normalized spacial score (nSPS) is 19.7. The Bertz CT molecular complexity index is 1450. The van der Waals surface area contributed by atoms with E-state index in [-0.39, 0.29) is 12.4 Å². The highest BCUT2D eigenvalue weighted by Crippen LogP contribution is 2.43. The number of thioether (sulfide) groups is 2. The van der Waals surface area contributed by atoms with Crippen LogP contribution in [0.4, 0.5) is 0 Å². The molecule has 2 unspecified atom stereocenters. The number of fused-ring (bicyclic) bond motifs is 2. The molecule has 5 rings (SSSR count). The Morgan fingerprint density at radius 2 is 1.43 bits per heavy atom. The van der Waals surface area contributed by atoms with Crippen molar-refractivity contribution in [3.8, 4) is 0 Å². The van der Waals surface area contributed by atoms with Crippen LogP contribution in [0.2, 0.25) is 0 Å². The zero-order valence-corrected chi connectivity index (χ0v) is 20.6. The minimum absolute atomic E-state index is 0.0624. The molecule has 0 amide bonds. The van der Waals surface area contributed by atoms with Gasteiger partial charge in [-0.1, -0.05) is 60.7 Å². The summed E-state index contributed by atoms with van der Waals surface area (Å²) in [7, 11) is 0. The summed E-state index contributed by atoms with van der Waals surface area (Å²) in [6.45, 7) is 1.80. The number of rotatable bonds is 7. The second-order valence-electron chi connectivity index (χ2n) is 8.17. The topological polar surface area (TPSA) is 69.7 Å². The molecule has 1 heterocycles. The first-order chi connectivity index (χ1) is 17.0. The zero-order chi connectivity index (χ0) is 24.4. The van der Waals surface area contributed by atoms with Crippen LogP contribution in [0, 0.1) is 0 Å². The molecular formula is C28H22O5S2. The fourth-order valence-electron chi connectivity index (χ4n) is 4.13. The molecule has 0 N–H and O–H groups in total. The first kappa shape index (κ1) is 23.5. The van der Waals surface area contributed by atoms with E-state index in [1.165, 1.54) is 23.5 Å². The van der Waals surface area contributed by atoms with Crippen molar-refractivity contribution in [3.63, 3.8) is 0 Å². The predicted molar refractivity (Wildman–Crippen MR) is 139 cm³/mol. The van der Waals surface area contributed by atoms with Gasteiger partial charge < -0.3 is 9.47 Å². The summed E-state index contributed by atoms with van der Waals surface area (Å²) in [4.78, 5) is 40.4. The van der Waals surface area contributed by atoms with Crippen LogP contribution in [0.25, 0.3) is 21.5 Å². The number of esters is 2. The number of Topliss-reactive ketones (excluding diaryl/α,β-unsaturated/α-hetero) is 1. The maximum absolute atomic E-state index is 13.2. The van der Waals surface area contributed by atoms with E-state index in [9.17, 15) is 14.4 Å². The van der Waals surface area contributed by atoms with Crippen LogP contribution < -0.4 is 0 Å². The van der Waals surface area contributed by atoms with Gasteiger partial charge in [0.15, 0.2) is 0 Å². The summed E-state index contributed by atoms with van der Waals surface area (Å²) in [6.07, 6.45) is 0. The quantitative estimate of drug-likeness (QED) is 0.183. The highest BCUT2D eigenvalue weighted by Gasteiger charge is 2.62. The van der Waals surface area contributed by atoms with Gasteiger partial charge in [-0.15, -0.1) is 23.5 Å². The lowest BCUT2D eigenvalue weighted by Gasteiger charge is -2.29. The highest BCUT2D eigenvalue weighted by atomic mass is 32.2. The lowest BCUT2D eigenvalue weighted by molar-refractivity contribution is -0.171. The Hall–Kier alpha value is -3.29. The minimum Gasteiger partial charge on any atom is -0.463 e. The fraction of sp³-hybridized carbons (Fsp3) is 0.179. The summed E-state index contributed by atoms with van der Waals surface area (Å²) < 4.78 is 10.9. The van der Waals surface area contributed by atoms with E-state index in [0.717, 1.165) is 31.3 Å². The molecule has 0 bridgehead atoms. The first-order valence-corrected chi connectivity index (χ1v) is 13.1. The van der Waals surface area contributed by atoms with Gasteiger partial charge >= 0.3 is 11.9 Å². The Morgan fingerprint density at radius 3 is 2.06 bits per heavy atom. The average Bonchev–Trinajstić information content (AvgIpc) is 3.12. The molecular weight excluding hydrogens is 480 g/mol. The van der Waals surface area contributed by atoms with Crippen molar-refractivity contribution < 1.29 is 23.9 Å². The molecule has 0 radical (unpaired) electrons. The number of hydrogen-bond acceptors (Lipinski definition) is 7. The summed E-state index contributed by atoms with van der Waals surface area (Å²) in [5.74, 6) is -2.37. The van der Waals surface area contributed by atoms with E-state index in [1.54, 1.807) is 6.92 Å². The van der Waals surface area contributed by atoms with E-state index >= 15 is 0 Å². The molecule has 176 valence electrons. The lowest BCUT2D eigenvalue weighted by Crippen LogP contribution is -2.50. The van der Waals surface area contributed by atoms with Crippen LogP contribution in [0.15, 0.2) is 94.7 Å². The van der Waals surface area contributed by atoms with Crippen molar-refractivity contribution in [3.05, 3.63) is 84.9 Å². The lowest BCUT2D eigenvalue weighted by atomic mass is 10.0. The van der Waals surface area contributed by atoms with Crippen molar-refractivity contribution in [2.75, 3.05) is 12.4 Å². The van der Waals surface area contributed by atoms with Gasteiger partial charge in [0.2, 0.25) is 5.60 Å². The first-order valence-electron chi connectivity index (χ1n) is 11.2. The van der Waals surface area contributed by atoms with Crippen LogP contribution >= 0.6 is 23.5 Å². The van der Waals surface area contributed by atoms with E-state index in [4.69, 9.17) is 9.47 Å². The molecule has 0 aliphatic carbocycles. The third-order valence-corrected chi connectivity index (χ3v) is 8.42. The van der Waals surface area contributed by atoms with Crippen molar-refractivity contribution >= 4 is 62.8 Å². The van der Waals surface area contributed by atoms with Crippen molar-refractivity contribution in [1.29, 1.82) is 0 Å². The van der Waals surface area contributed by atoms with Crippen LogP contribution in [0.5, 0.6) is 0 Å². The summed E-state index contributed by atoms with van der Waals surface area (Å²) in [5.41, 5.74) is -1.73. The smallest absolute Gasteiger partial charge is 0.377 e. The minimum atomic E-state index is -1.73. The number of ether oxygens (including phenoxy) is 2. The molecule has 7 heteroatoms. The molecule has 0 spiro atoms. The van der Waals surface area contributed by atoms with Crippen molar-refractivity contribution in [1.82, 2.24) is 0 Å². The van der Waals surface area contributed by atoms with Gasteiger partial charge in [0, 0.05) is 9.79 Å². The molecule has 0 aromatic heterocycles. The Balaban J connectivity index is 1.48. The number of carbonyl (C=O) groups excluding carboxylic acids is 3. The molecule has 1 saturated heterocycles.